The maximum absolute atomic E-state index is 14.7. The zero-order valence-corrected chi connectivity index (χ0v) is 42.1. The molecule has 0 aliphatic heterocycles. The summed E-state index contributed by atoms with van der Waals surface area (Å²) < 4.78 is 36.3. The van der Waals surface area contributed by atoms with Gasteiger partial charge in [-0.2, -0.15) is 8.42 Å². The molecule has 0 amide bonds. The van der Waals surface area contributed by atoms with E-state index in [-0.39, 0.29) is 22.2 Å². The molecule has 7 aromatic rings. The minimum Gasteiger partial charge on any atom is -0.295 e. The van der Waals surface area contributed by atoms with Gasteiger partial charge >= 0.3 is 10.1 Å². The Bertz CT molecular complexity index is 2750. The van der Waals surface area contributed by atoms with Gasteiger partial charge in [-0.25, -0.2) is 3.63 Å². The standard InChI is InChI=1S/C55H52O6S5/c1-8-40-33-46(19-30-53(40)37(5)56)62-43-13-24-49(25-14-43)65(61-66(59,60)52-22-11-36(4)12-23-52,50-26-15-44(16-27-50)63-47-20-31-54(38(6)57)41(9-2)34-47)51-28-17-45(18-29-51)64-48-21-32-55(39(7)58)42(10-3)35-48/h11-35H,8-10H2,1-7H3. The summed E-state index contributed by atoms with van der Waals surface area (Å²) in [5.74, 6) is 0.108. The van der Waals surface area contributed by atoms with Crippen molar-refractivity contribution in [1.29, 1.82) is 0 Å². The van der Waals surface area contributed by atoms with Gasteiger partial charge in [-0.05, 0) is 195 Å². The van der Waals surface area contributed by atoms with Gasteiger partial charge in [-0.3, -0.25) is 14.4 Å². The fourth-order valence-electron chi connectivity index (χ4n) is 7.72. The summed E-state index contributed by atoms with van der Waals surface area (Å²) in [6, 6.07) is 48.1. The largest absolute Gasteiger partial charge is 0.307 e. The molecule has 7 aromatic carbocycles. The zero-order chi connectivity index (χ0) is 47.2. The van der Waals surface area contributed by atoms with Gasteiger partial charge in [0.1, 0.15) is 0 Å². The van der Waals surface area contributed by atoms with Crippen LogP contribution < -0.4 is 0 Å². The van der Waals surface area contributed by atoms with Crippen molar-refractivity contribution in [2.75, 3.05) is 0 Å². The van der Waals surface area contributed by atoms with Gasteiger partial charge in [0.25, 0.3) is 0 Å². The molecule has 0 saturated heterocycles. The van der Waals surface area contributed by atoms with Crippen LogP contribution in [0.25, 0.3) is 0 Å². The van der Waals surface area contributed by atoms with Crippen LogP contribution in [0.3, 0.4) is 0 Å². The Morgan fingerprint density at radius 1 is 0.409 bits per heavy atom. The van der Waals surface area contributed by atoms with Gasteiger partial charge < -0.3 is 0 Å². The molecule has 0 aliphatic rings. The molecule has 0 radical (unpaired) electrons. The van der Waals surface area contributed by atoms with Crippen molar-refractivity contribution in [2.45, 2.75) is 117 Å². The Morgan fingerprint density at radius 3 is 0.955 bits per heavy atom. The number of rotatable bonds is 18. The van der Waals surface area contributed by atoms with Crippen LogP contribution in [0.4, 0.5) is 0 Å². The molecule has 338 valence electrons. The molecular weight excluding hydrogens is 917 g/mol. The second kappa shape index (κ2) is 21.2. The summed E-state index contributed by atoms with van der Waals surface area (Å²) in [4.78, 5) is 44.8. The molecule has 66 heavy (non-hydrogen) atoms. The zero-order valence-electron chi connectivity index (χ0n) is 38.0. The lowest BCUT2D eigenvalue weighted by Gasteiger charge is -2.39. The first-order valence-electron chi connectivity index (χ1n) is 21.8. The number of ketones is 3. The Morgan fingerprint density at radius 2 is 0.682 bits per heavy atom. The molecule has 0 atom stereocenters. The molecule has 0 aliphatic carbocycles. The van der Waals surface area contributed by atoms with Crippen molar-refractivity contribution in [3.63, 3.8) is 0 Å². The Kier molecular flexibility index (Phi) is 15.7. The van der Waals surface area contributed by atoms with E-state index in [0.717, 1.165) is 87.6 Å². The highest BCUT2D eigenvalue weighted by molar-refractivity contribution is 8.33. The van der Waals surface area contributed by atoms with E-state index in [4.69, 9.17) is 3.63 Å². The molecular formula is C55H52O6S5. The molecule has 0 heterocycles. The minimum absolute atomic E-state index is 0.0359. The molecule has 0 bridgehead atoms. The first-order chi connectivity index (χ1) is 31.6. The Labute approximate surface area is 404 Å². The molecule has 0 fully saturated rings. The lowest BCUT2D eigenvalue weighted by atomic mass is 10.0. The Balaban J connectivity index is 1.35. The summed E-state index contributed by atoms with van der Waals surface area (Å²) in [6.45, 7) is 12.8. The number of carbonyl (C=O) groups excluding carboxylic acids is 3. The first-order valence-corrected chi connectivity index (χ1v) is 27.2. The van der Waals surface area contributed by atoms with Crippen LogP contribution in [-0.4, -0.2) is 25.8 Å². The molecule has 0 aromatic heterocycles. The van der Waals surface area contributed by atoms with Gasteiger partial charge in [-0.15, -0.1) is 0 Å². The summed E-state index contributed by atoms with van der Waals surface area (Å²) in [6.07, 6.45) is 2.19. The normalized spacial score (nSPS) is 11.9. The third-order valence-corrected chi connectivity index (χ3v) is 19.4. The van der Waals surface area contributed by atoms with Gasteiger partial charge in [0.05, 0.1) is 4.90 Å². The van der Waals surface area contributed by atoms with Crippen LogP contribution in [0.2, 0.25) is 0 Å². The van der Waals surface area contributed by atoms with Crippen molar-refractivity contribution in [3.05, 3.63) is 191 Å². The van der Waals surface area contributed by atoms with E-state index >= 15 is 0 Å². The van der Waals surface area contributed by atoms with Crippen molar-refractivity contribution in [3.8, 4) is 0 Å². The SMILES string of the molecule is CCc1cc(Sc2ccc(S(OS(=O)(=O)c3ccc(C)cc3)(c3ccc(Sc4ccc(C(C)=O)c(CC)c4)cc3)c3ccc(Sc4ccc(C(C)=O)c(CC)c4)cc3)cc2)ccc1C(C)=O. The monoisotopic (exact) mass is 968 g/mol. The molecule has 11 heteroatoms. The number of aryl methyl sites for hydroxylation is 4. The van der Waals surface area contributed by atoms with Crippen molar-refractivity contribution in [1.82, 2.24) is 0 Å². The third-order valence-electron chi connectivity index (χ3n) is 11.2. The number of Topliss-reactive ketones (excluding diaryl/α,β-unsaturated/α-hetero) is 3. The lowest BCUT2D eigenvalue weighted by molar-refractivity contribution is 0.100. The van der Waals surface area contributed by atoms with E-state index in [1.165, 1.54) is 0 Å². The molecule has 0 saturated carbocycles. The average Bonchev–Trinajstić information content (AvgIpc) is 3.31. The molecule has 0 spiro atoms. The predicted octanol–water partition coefficient (Wildman–Crippen LogP) is 15.3. The van der Waals surface area contributed by atoms with E-state index in [2.05, 4.69) is 18.2 Å². The molecule has 7 rings (SSSR count). The van der Waals surface area contributed by atoms with Gasteiger partial charge in [0.15, 0.2) is 17.3 Å². The lowest BCUT2D eigenvalue weighted by Crippen LogP contribution is -2.14. The van der Waals surface area contributed by atoms with Crippen LogP contribution in [0, 0.1) is 6.92 Å². The highest BCUT2D eigenvalue weighted by Gasteiger charge is 2.38. The molecule has 6 nitrogen and oxygen atoms in total. The molecule has 0 unspecified atom stereocenters. The van der Waals surface area contributed by atoms with E-state index in [1.807, 2.05) is 137 Å². The first kappa shape index (κ1) is 48.8. The van der Waals surface area contributed by atoms with Gasteiger partial charge in [0.2, 0.25) is 0 Å². The second-order valence-corrected chi connectivity index (χ2v) is 23.7. The fraction of sp³-hybridized carbons (Fsp3) is 0.182. The van der Waals surface area contributed by atoms with Crippen LogP contribution in [-0.2, 0) is 33.0 Å². The third kappa shape index (κ3) is 11.0. The van der Waals surface area contributed by atoms with Crippen molar-refractivity contribution >= 4 is 73.1 Å². The van der Waals surface area contributed by atoms with Crippen LogP contribution in [0.15, 0.2) is 201 Å². The maximum Gasteiger partial charge on any atom is 0.307 e. The Hall–Kier alpha value is -5.14. The number of hydrogen-bond acceptors (Lipinski definition) is 9. The summed E-state index contributed by atoms with van der Waals surface area (Å²) in [5, 5.41) is 0. The second-order valence-electron chi connectivity index (χ2n) is 15.8. The fourth-order valence-corrected chi connectivity index (χ4v) is 15.5. The quantitative estimate of drug-likeness (QED) is 0.0779. The topological polar surface area (TPSA) is 94.6 Å². The summed E-state index contributed by atoms with van der Waals surface area (Å²) in [5.41, 5.74) is 6.06. The van der Waals surface area contributed by atoms with Crippen molar-refractivity contribution < 1.29 is 26.4 Å². The van der Waals surface area contributed by atoms with E-state index in [0.29, 0.717) is 14.7 Å². The van der Waals surface area contributed by atoms with Crippen LogP contribution in [0.5, 0.6) is 0 Å². The number of carbonyl (C=O) groups is 3. The van der Waals surface area contributed by atoms with Crippen molar-refractivity contribution in [2.24, 2.45) is 0 Å². The minimum atomic E-state index is -4.37. The van der Waals surface area contributed by atoms with Crippen LogP contribution in [0.1, 0.15) is 94.9 Å². The average molecular weight is 969 g/mol. The molecule has 0 N–H and O–H groups in total. The highest BCUT2D eigenvalue weighted by Crippen LogP contribution is 2.70. The summed E-state index contributed by atoms with van der Waals surface area (Å²) >= 11 is 4.71. The number of hydrogen-bond donors (Lipinski definition) is 0. The smallest absolute Gasteiger partial charge is 0.295 e. The number of benzene rings is 7. The van der Waals surface area contributed by atoms with Gasteiger partial charge in [-0.1, -0.05) is 92.0 Å². The maximum atomic E-state index is 14.7. The van der Waals surface area contributed by atoms with E-state index in [9.17, 15) is 22.8 Å². The van der Waals surface area contributed by atoms with E-state index < -0.39 is 20.4 Å². The van der Waals surface area contributed by atoms with E-state index in [1.54, 1.807) is 80.3 Å². The van der Waals surface area contributed by atoms with Crippen LogP contribution >= 0.6 is 45.6 Å². The summed E-state index contributed by atoms with van der Waals surface area (Å²) in [7, 11) is -7.40. The van der Waals surface area contributed by atoms with Gasteiger partial charge in [0, 0.05) is 60.7 Å². The predicted molar refractivity (Wildman–Crippen MR) is 271 cm³/mol. The highest BCUT2D eigenvalue weighted by atomic mass is 32.3.